The van der Waals surface area contributed by atoms with Gasteiger partial charge in [-0.05, 0) is 12.1 Å². The SMILES string of the molecule is CN(C)c1ccccc1C(=S)c1nc2cc3oc(=O)[nH]c3cc2[nH]1. The lowest BCUT2D eigenvalue weighted by Gasteiger charge is -2.17. The fourth-order valence-corrected chi connectivity index (χ4v) is 3.02. The van der Waals surface area contributed by atoms with Crippen LogP contribution in [0.15, 0.2) is 45.6 Å². The average molecular weight is 338 g/mol. The number of aromatic amines is 2. The molecule has 0 amide bonds. The summed E-state index contributed by atoms with van der Waals surface area (Å²) in [6.45, 7) is 0. The summed E-state index contributed by atoms with van der Waals surface area (Å²) < 4.78 is 5.08. The number of H-pyrrole nitrogens is 2. The lowest BCUT2D eigenvalue weighted by Crippen LogP contribution is -2.14. The Bertz CT molecular complexity index is 1080. The lowest BCUT2D eigenvalue weighted by atomic mass is 10.1. The summed E-state index contributed by atoms with van der Waals surface area (Å²) in [5.41, 5.74) is 4.56. The van der Waals surface area contributed by atoms with Crippen LogP contribution in [0.5, 0.6) is 0 Å². The molecule has 0 saturated heterocycles. The molecule has 0 atom stereocenters. The van der Waals surface area contributed by atoms with Crippen molar-refractivity contribution in [1.82, 2.24) is 15.0 Å². The van der Waals surface area contributed by atoms with Gasteiger partial charge in [-0.15, -0.1) is 0 Å². The van der Waals surface area contributed by atoms with Gasteiger partial charge in [0.2, 0.25) is 0 Å². The molecule has 24 heavy (non-hydrogen) atoms. The zero-order chi connectivity index (χ0) is 16.8. The minimum Gasteiger partial charge on any atom is -0.408 e. The Hall–Kier alpha value is -2.93. The van der Waals surface area contributed by atoms with E-state index in [0.29, 0.717) is 27.3 Å². The number of oxazole rings is 1. The van der Waals surface area contributed by atoms with Crippen LogP contribution in [0.25, 0.3) is 22.1 Å². The van der Waals surface area contributed by atoms with Crippen LogP contribution in [0.2, 0.25) is 0 Å². The minimum atomic E-state index is -0.478. The van der Waals surface area contributed by atoms with Crippen molar-refractivity contribution in [3.8, 4) is 0 Å². The van der Waals surface area contributed by atoms with Crippen LogP contribution < -0.4 is 10.7 Å². The first-order valence-electron chi connectivity index (χ1n) is 7.36. The summed E-state index contributed by atoms with van der Waals surface area (Å²) in [5.74, 6) is 0.137. The number of anilines is 1. The summed E-state index contributed by atoms with van der Waals surface area (Å²) >= 11 is 5.64. The van der Waals surface area contributed by atoms with Crippen molar-refractivity contribution in [2.24, 2.45) is 0 Å². The second-order valence-electron chi connectivity index (χ2n) is 5.71. The third-order valence-corrected chi connectivity index (χ3v) is 4.28. The lowest BCUT2D eigenvalue weighted by molar-refractivity contribution is 0.555. The van der Waals surface area contributed by atoms with Crippen molar-refractivity contribution in [3.05, 3.63) is 58.3 Å². The molecule has 0 bridgehead atoms. The Morgan fingerprint density at radius 1 is 1.17 bits per heavy atom. The van der Waals surface area contributed by atoms with Crippen LogP contribution in [0.3, 0.4) is 0 Å². The Kier molecular flexibility index (Phi) is 3.24. The predicted octanol–water partition coefficient (Wildman–Crippen LogP) is 2.83. The molecule has 0 aliphatic heterocycles. The van der Waals surface area contributed by atoms with Crippen molar-refractivity contribution < 1.29 is 4.42 Å². The topological polar surface area (TPSA) is 77.9 Å². The fraction of sp³-hybridized carbons (Fsp3) is 0.118. The zero-order valence-electron chi connectivity index (χ0n) is 13.1. The standard InChI is InChI=1S/C17H14N4O2S/c1-21(2)13-6-4-3-5-9(13)15(24)16-18-10-7-12-14(8-11(10)19-16)23-17(22)20-12/h3-8H,1-2H3,(H,18,19)(H,20,22). The largest absolute Gasteiger partial charge is 0.417 e. The molecule has 0 aliphatic carbocycles. The number of aromatic nitrogens is 3. The highest BCUT2D eigenvalue weighted by Crippen LogP contribution is 2.24. The highest BCUT2D eigenvalue weighted by molar-refractivity contribution is 7.81. The smallest absolute Gasteiger partial charge is 0.408 e. The Morgan fingerprint density at radius 2 is 1.96 bits per heavy atom. The van der Waals surface area contributed by atoms with Gasteiger partial charge in [0.1, 0.15) is 5.82 Å². The molecule has 4 aromatic rings. The van der Waals surface area contributed by atoms with Gasteiger partial charge in [-0.3, -0.25) is 4.98 Å². The third-order valence-electron chi connectivity index (χ3n) is 3.87. The average Bonchev–Trinajstić information content (AvgIpc) is 3.12. The van der Waals surface area contributed by atoms with E-state index in [1.54, 1.807) is 12.1 Å². The Balaban J connectivity index is 1.84. The van der Waals surface area contributed by atoms with Crippen LogP contribution in [-0.2, 0) is 0 Å². The summed E-state index contributed by atoms with van der Waals surface area (Å²) in [6, 6.07) is 11.5. The van der Waals surface area contributed by atoms with Crippen LogP contribution in [0.1, 0.15) is 11.4 Å². The predicted molar refractivity (Wildman–Crippen MR) is 98.1 cm³/mol. The third kappa shape index (κ3) is 2.30. The zero-order valence-corrected chi connectivity index (χ0v) is 13.9. The molecule has 2 N–H and O–H groups in total. The van der Waals surface area contributed by atoms with Gasteiger partial charge in [-0.2, -0.15) is 0 Å². The highest BCUT2D eigenvalue weighted by atomic mass is 32.1. The van der Waals surface area contributed by atoms with Crippen molar-refractivity contribution in [2.75, 3.05) is 19.0 Å². The van der Waals surface area contributed by atoms with Crippen molar-refractivity contribution in [3.63, 3.8) is 0 Å². The van der Waals surface area contributed by atoms with Gasteiger partial charge < -0.3 is 14.3 Å². The molecule has 0 aliphatic rings. The van der Waals surface area contributed by atoms with E-state index in [4.69, 9.17) is 16.6 Å². The molecule has 2 aromatic heterocycles. The second kappa shape index (κ2) is 5.31. The molecule has 2 aromatic carbocycles. The molecule has 0 radical (unpaired) electrons. The summed E-state index contributed by atoms with van der Waals surface area (Å²) in [4.78, 5) is 24.3. The maximum Gasteiger partial charge on any atom is 0.417 e. The number of rotatable bonds is 3. The van der Waals surface area contributed by atoms with Gasteiger partial charge in [0.15, 0.2) is 5.58 Å². The first-order valence-corrected chi connectivity index (χ1v) is 7.77. The number of nitrogens with zero attached hydrogens (tertiary/aromatic N) is 2. The highest BCUT2D eigenvalue weighted by Gasteiger charge is 2.15. The molecule has 2 heterocycles. The second-order valence-corrected chi connectivity index (χ2v) is 6.11. The van der Waals surface area contributed by atoms with E-state index in [0.717, 1.165) is 16.8 Å². The van der Waals surface area contributed by atoms with E-state index in [9.17, 15) is 4.79 Å². The van der Waals surface area contributed by atoms with Gasteiger partial charge in [0.25, 0.3) is 0 Å². The first kappa shape index (κ1) is 14.6. The number of benzene rings is 2. The number of nitrogens with one attached hydrogen (secondary N) is 2. The van der Waals surface area contributed by atoms with Gasteiger partial charge in [-0.25, -0.2) is 9.78 Å². The van der Waals surface area contributed by atoms with Crippen LogP contribution in [-0.4, -0.2) is 33.9 Å². The maximum atomic E-state index is 11.3. The molecule has 7 heteroatoms. The molecular formula is C17H14N4O2S. The maximum absolute atomic E-state index is 11.3. The number of hydrogen-bond acceptors (Lipinski definition) is 5. The first-order chi connectivity index (χ1) is 11.5. The van der Waals surface area contributed by atoms with Gasteiger partial charge in [0, 0.05) is 31.4 Å². The molecular weight excluding hydrogens is 324 g/mol. The summed E-state index contributed by atoms with van der Waals surface area (Å²) in [7, 11) is 3.95. The number of imidazole rings is 1. The minimum absolute atomic E-state index is 0.477. The van der Waals surface area contributed by atoms with E-state index in [1.165, 1.54) is 0 Å². The van der Waals surface area contributed by atoms with E-state index in [2.05, 4.69) is 15.0 Å². The summed E-state index contributed by atoms with van der Waals surface area (Å²) in [5, 5.41) is 0. The van der Waals surface area contributed by atoms with Crippen molar-refractivity contribution in [2.45, 2.75) is 0 Å². The number of hydrogen-bond donors (Lipinski definition) is 2. The monoisotopic (exact) mass is 338 g/mol. The Labute approximate surface area is 142 Å². The van der Waals surface area contributed by atoms with Gasteiger partial charge >= 0.3 is 5.76 Å². The van der Waals surface area contributed by atoms with Gasteiger partial charge in [0.05, 0.1) is 21.4 Å². The fourth-order valence-electron chi connectivity index (χ4n) is 2.75. The molecule has 0 saturated carbocycles. The normalized spacial score (nSPS) is 11.2. The van der Waals surface area contributed by atoms with E-state index in [1.807, 2.05) is 43.3 Å². The van der Waals surface area contributed by atoms with Crippen LogP contribution >= 0.6 is 12.2 Å². The van der Waals surface area contributed by atoms with Crippen LogP contribution in [0.4, 0.5) is 5.69 Å². The number of thiocarbonyl (C=S) groups is 1. The van der Waals surface area contributed by atoms with Crippen molar-refractivity contribution in [1.29, 1.82) is 0 Å². The van der Waals surface area contributed by atoms with E-state index >= 15 is 0 Å². The van der Waals surface area contributed by atoms with E-state index in [-0.39, 0.29) is 0 Å². The Morgan fingerprint density at radius 3 is 2.75 bits per heavy atom. The van der Waals surface area contributed by atoms with E-state index < -0.39 is 5.76 Å². The van der Waals surface area contributed by atoms with Gasteiger partial charge in [-0.1, -0.05) is 30.4 Å². The molecule has 4 rings (SSSR count). The number of para-hydroxylation sites is 1. The summed E-state index contributed by atoms with van der Waals surface area (Å²) in [6.07, 6.45) is 0. The molecule has 6 nitrogen and oxygen atoms in total. The van der Waals surface area contributed by atoms with Crippen LogP contribution in [0, 0.1) is 0 Å². The molecule has 120 valence electrons. The molecule has 0 unspecified atom stereocenters. The quantitative estimate of drug-likeness (QED) is 0.444. The van der Waals surface area contributed by atoms with Crippen molar-refractivity contribution >= 4 is 44.9 Å². The molecule has 0 spiro atoms. The molecule has 0 fully saturated rings. The number of fused-ring (bicyclic) bond motifs is 2.